The van der Waals surface area contributed by atoms with E-state index in [0.717, 1.165) is 0 Å². The molecule has 1 aliphatic rings. The van der Waals surface area contributed by atoms with Gasteiger partial charge in [-0.05, 0) is 25.1 Å². The van der Waals surface area contributed by atoms with Gasteiger partial charge >= 0.3 is 0 Å². The molecule has 1 aliphatic heterocycles. The van der Waals surface area contributed by atoms with Crippen molar-refractivity contribution in [3.63, 3.8) is 0 Å². The zero-order valence-electron chi connectivity index (χ0n) is 11.9. The first kappa shape index (κ1) is 17.7. The minimum atomic E-state index is -3.60. The van der Waals surface area contributed by atoms with Crippen LogP contribution in [0.5, 0.6) is 5.75 Å². The lowest BCUT2D eigenvalue weighted by Crippen LogP contribution is -2.51. The fourth-order valence-electron chi connectivity index (χ4n) is 2.20. The summed E-state index contributed by atoms with van der Waals surface area (Å²) in [6, 6.07) is 6.44. The van der Waals surface area contributed by atoms with E-state index in [9.17, 15) is 8.42 Å². The van der Waals surface area contributed by atoms with Crippen LogP contribution in [0.2, 0.25) is 0 Å². The van der Waals surface area contributed by atoms with Crippen LogP contribution in [0, 0.1) is 11.3 Å². The molecule has 0 radical (unpaired) electrons. The Kier molecular flexibility index (Phi) is 5.98. The molecule has 0 spiro atoms. The lowest BCUT2D eigenvalue weighted by Gasteiger charge is -2.31. The molecule has 0 bridgehead atoms. The van der Waals surface area contributed by atoms with Crippen LogP contribution in [0.4, 0.5) is 0 Å². The Labute approximate surface area is 131 Å². The molecule has 1 fully saturated rings. The average molecular weight is 332 g/mol. The highest BCUT2D eigenvalue weighted by Gasteiger charge is 2.30. The van der Waals surface area contributed by atoms with E-state index < -0.39 is 10.0 Å². The summed E-state index contributed by atoms with van der Waals surface area (Å²) in [6.45, 7) is 3.41. The van der Waals surface area contributed by atoms with Gasteiger partial charge in [0.1, 0.15) is 10.6 Å². The fourth-order valence-corrected chi connectivity index (χ4v) is 3.87. The predicted molar refractivity (Wildman–Crippen MR) is 81.2 cm³/mol. The molecule has 1 aromatic carbocycles. The number of nitrogens with zero attached hydrogens (tertiary/aromatic N) is 2. The molecule has 1 aromatic rings. The molecular formula is C13H18ClN3O3S. The van der Waals surface area contributed by atoms with Gasteiger partial charge in [-0.15, -0.1) is 12.4 Å². The van der Waals surface area contributed by atoms with Gasteiger partial charge in [0.2, 0.25) is 10.0 Å². The summed E-state index contributed by atoms with van der Waals surface area (Å²) in [5.41, 5.74) is 0.370. The van der Waals surface area contributed by atoms with Gasteiger partial charge in [-0.25, -0.2) is 8.42 Å². The number of hydrogen-bond acceptors (Lipinski definition) is 5. The van der Waals surface area contributed by atoms with E-state index in [2.05, 4.69) is 5.32 Å². The summed E-state index contributed by atoms with van der Waals surface area (Å²) in [4.78, 5) is 0.105. The predicted octanol–water partition coefficient (Wildman–Crippen LogP) is 0.971. The Morgan fingerprint density at radius 1 is 1.48 bits per heavy atom. The molecule has 6 nitrogen and oxygen atoms in total. The minimum absolute atomic E-state index is 0. The Bertz CT molecular complexity index is 643. The largest absolute Gasteiger partial charge is 0.495 e. The summed E-state index contributed by atoms with van der Waals surface area (Å²) >= 11 is 0. The maximum absolute atomic E-state index is 12.6. The van der Waals surface area contributed by atoms with Gasteiger partial charge in [-0.3, -0.25) is 0 Å². The van der Waals surface area contributed by atoms with E-state index in [0.29, 0.717) is 25.2 Å². The maximum Gasteiger partial charge on any atom is 0.246 e. The standard InChI is InChI=1S/C13H17N3O3S.ClH/c1-10-9-16(6-5-15-10)20(17,18)13-4-3-11(8-14)7-12(13)19-2;/h3-4,7,10,15H,5-6,9H2,1-2H3;1H/t10-;/m0./s1. The lowest BCUT2D eigenvalue weighted by atomic mass is 10.2. The van der Waals surface area contributed by atoms with Crippen LogP contribution in [0.15, 0.2) is 23.1 Å². The quantitative estimate of drug-likeness (QED) is 0.892. The molecule has 0 unspecified atom stereocenters. The van der Waals surface area contributed by atoms with Crippen molar-refractivity contribution in [1.29, 1.82) is 5.26 Å². The number of halogens is 1. The van der Waals surface area contributed by atoms with Crippen molar-refractivity contribution >= 4 is 22.4 Å². The summed E-state index contributed by atoms with van der Waals surface area (Å²) in [7, 11) is -2.21. The van der Waals surface area contributed by atoms with Crippen molar-refractivity contribution < 1.29 is 13.2 Å². The molecule has 1 N–H and O–H groups in total. The van der Waals surface area contributed by atoms with E-state index in [-0.39, 0.29) is 29.1 Å². The smallest absolute Gasteiger partial charge is 0.246 e. The number of benzene rings is 1. The van der Waals surface area contributed by atoms with Gasteiger partial charge in [-0.2, -0.15) is 9.57 Å². The molecule has 21 heavy (non-hydrogen) atoms. The molecule has 1 atom stereocenters. The highest BCUT2D eigenvalue weighted by molar-refractivity contribution is 7.89. The maximum atomic E-state index is 12.6. The van der Waals surface area contributed by atoms with Crippen molar-refractivity contribution in [2.24, 2.45) is 0 Å². The van der Waals surface area contributed by atoms with Crippen LogP contribution >= 0.6 is 12.4 Å². The third-order valence-electron chi connectivity index (χ3n) is 3.24. The molecule has 0 amide bonds. The molecule has 8 heteroatoms. The highest BCUT2D eigenvalue weighted by Crippen LogP contribution is 2.28. The van der Waals surface area contributed by atoms with Gasteiger partial charge in [0, 0.05) is 25.7 Å². The Morgan fingerprint density at radius 3 is 2.76 bits per heavy atom. The van der Waals surface area contributed by atoms with Gasteiger partial charge in [-0.1, -0.05) is 0 Å². The number of nitriles is 1. The second-order valence-corrected chi connectivity index (χ2v) is 6.60. The average Bonchev–Trinajstić information content (AvgIpc) is 2.46. The number of methoxy groups -OCH3 is 1. The fraction of sp³-hybridized carbons (Fsp3) is 0.462. The third kappa shape index (κ3) is 3.66. The topological polar surface area (TPSA) is 82.4 Å². The van der Waals surface area contributed by atoms with Crippen molar-refractivity contribution in [1.82, 2.24) is 9.62 Å². The number of nitrogens with one attached hydrogen (secondary N) is 1. The first-order chi connectivity index (χ1) is 9.48. The molecule has 1 heterocycles. The van der Waals surface area contributed by atoms with Crippen LogP contribution in [0.1, 0.15) is 12.5 Å². The van der Waals surface area contributed by atoms with Gasteiger partial charge in [0.15, 0.2) is 0 Å². The molecule has 0 saturated carbocycles. The van der Waals surface area contributed by atoms with Crippen LogP contribution in [0.3, 0.4) is 0 Å². The van der Waals surface area contributed by atoms with Crippen molar-refractivity contribution in [3.8, 4) is 11.8 Å². The van der Waals surface area contributed by atoms with Crippen molar-refractivity contribution in [2.45, 2.75) is 17.9 Å². The van der Waals surface area contributed by atoms with E-state index >= 15 is 0 Å². The van der Waals surface area contributed by atoms with Gasteiger partial charge in [0.25, 0.3) is 0 Å². The summed E-state index contributed by atoms with van der Waals surface area (Å²) < 4.78 is 31.9. The number of rotatable bonds is 3. The monoisotopic (exact) mass is 331 g/mol. The number of sulfonamides is 1. The van der Waals surface area contributed by atoms with Gasteiger partial charge in [0.05, 0.1) is 18.7 Å². The molecule has 116 valence electrons. The zero-order chi connectivity index (χ0) is 14.8. The van der Waals surface area contributed by atoms with E-state index in [1.807, 2.05) is 13.0 Å². The van der Waals surface area contributed by atoms with E-state index in [1.54, 1.807) is 0 Å². The Morgan fingerprint density at radius 2 is 2.19 bits per heavy atom. The Hall–Kier alpha value is -1.33. The molecule has 0 aliphatic carbocycles. The van der Waals surface area contributed by atoms with Crippen LogP contribution in [0.25, 0.3) is 0 Å². The molecule has 0 aromatic heterocycles. The van der Waals surface area contributed by atoms with Crippen LogP contribution in [-0.4, -0.2) is 45.5 Å². The second-order valence-electron chi connectivity index (χ2n) is 4.70. The lowest BCUT2D eigenvalue weighted by molar-refractivity contribution is 0.308. The normalized spacial score (nSPS) is 19.4. The number of piperazine rings is 1. The first-order valence-corrected chi connectivity index (χ1v) is 7.74. The Balaban J connectivity index is 0.00000220. The minimum Gasteiger partial charge on any atom is -0.495 e. The van der Waals surface area contributed by atoms with E-state index in [1.165, 1.54) is 29.6 Å². The van der Waals surface area contributed by atoms with Crippen LogP contribution < -0.4 is 10.1 Å². The first-order valence-electron chi connectivity index (χ1n) is 6.30. The van der Waals surface area contributed by atoms with Gasteiger partial charge < -0.3 is 10.1 Å². The van der Waals surface area contributed by atoms with E-state index in [4.69, 9.17) is 10.00 Å². The summed E-state index contributed by atoms with van der Waals surface area (Å²) in [5, 5.41) is 12.1. The second kappa shape index (κ2) is 7.09. The highest BCUT2D eigenvalue weighted by atomic mass is 35.5. The van der Waals surface area contributed by atoms with Crippen molar-refractivity contribution in [3.05, 3.63) is 23.8 Å². The van der Waals surface area contributed by atoms with Crippen LogP contribution in [-0.2, 0) is 10.0 Å². The molecule has 1 saturated heterocycles. The zero-order valence-corrected chi connectivity index (χ0v) is 13.5. The molecular weight excluding hydrogens is 314 g/mol. The van der Waals surface area contributed by atoms with Crippen molar-refractivity contribution in [2.75, 3.05) is 26.7 Å². The SMILES string of the molecule is COc1cc(C#N)ccc1S(=O)(=O)N1CCN[C@@H](C)C1.Cl. The number of hydrogen-bond donors (Lipinski definition) is 1. The summed E-state index contributed by atoms with van der Waals surface area (Å²) in [5.74, 6) is 0.204. The molecule has 2 rings (SSSR count). The number of ether oxygens (including phenoxy) is 1. The summed E-state index contributed by atoms with van der Waals surface area (Å²) in [6.07, 6.45) is 0. The third-order valence-corrected chi connectivity index (χ3v) is 5.15.